The lowest BCUT2D eigenvalue weighted by atomic mass is 10.0. The summed E-state index contributed by atoms with van der Waals surface area (Å²) in [5, 5.41) is 0. The molecule has 0 aliphatic carbocycles. The van der Waals surface area contributed by atoms with E-state index in [1.54, 1.807) is 12.4 Å². The van der Waals surface area contributed by atoms with Gasteiger partial charge in [-0.2, -0.15) is 0 Å². The molecule has 1 aliphatic heterocycles. The number of carbonyl (C=O) groups excluding carboxylic acids is 1. The van der Waals surface area contributed by atoms with Crippen LogP contribution in [0.4, 0.5) is 5.82 Å². The fourth-order valence-electron chi connectivity index (χ4n) is 3.15. The van der Waals surface area contributed by atoms with Gasteiger partial charge >= 0.3 is 0 Å². The number of amides is 1. The fraction of sp³-hybridized carbons (Fsp3) is 0.316. The number of H-pyrrole nitrogens is 1. The standard InChI is InChI=1S/C19H21N7O.2H2/c1-11(2)19(27)26-8-5-12(6-9-26)14-10-22-16(20)15(23-14)18-24-13-4-3-7-21-17(13)25-18;;/h3-5,7,10-11H,6,8-9H2,1-2H3,(H2,20,22)(H,21,24,25);2*1H. The van der Waals surface area contributed by atoms with E-state index < -0.39 is 0 Å². The molecule has 4 rings (SSSR count). The molecule has 4 heterocycles. The molecule has 0 radical (unpaired) electrons. The SMILES string of the molecule is CC(C)C(=O)N1CC=C(c2cnc(N)c(-c3nc4ncccc4[nH]3)n2)CC1.[HH].[HH]. The molecule has 0 unspecified atom stereocenters. The molecule has 3 N–H and O–H groups in total. The van der Waals surface area contributed by atoms with Gasteiger partial charge in [-0.1, -0.05) is 19.9 Å². The van der Waals surface area contributed by atoms with Crippen LogP contribution >= 0.6 is 0 Å². The number of nitrogen functional groups attached to an aromatic ring is 1. The van der Waals surface area contributed by atoms with Crippen molar-refractivity contribution in [1.29, 1.82) is 0 Å². The van der Waals surface area contributed by atoms with E-state index in [-0.39, 0.29) is 14.7 Å². The average molecular weight is 367 g/mol. The summed E-state index contributed by atoms with van der Waals surface area (Å²) in [6, 6.07) is 3.74. The van der Waals surface area contributed by atoms with Crippen molar-refractivity contribution in [2.45, 2.75) is 20.3 Å². The summed E-state index contributed by atoms with van der Waals surface area (Å²) in [6.07, 6.45) is 6.13. The van der Waals surface area contributed by atoms with Crippen molar-refractivity contribution in [2.75, 3.05) is 18.8 Å². The number of anilines is 1. The highest BCUT2D eigenvalue weighted by Crippen LogP contribution is 2.26. The zero-order chi connectivity index (χ0) is 19.0. The molecule has 27 heavy (non-hydrogen) atoms. The number of aromatic amines is 1. The van der Waals surface area contributed by atoms with E-state index >= 15 is 0 Å². The maximum absolute atomic E-state index is 12.1. The first-order valence-corrected chi connectivity index (χ1v) is 8.94. The maximum atomic E-state index is 12.1. The summed E-state index contributed by atoms with van der Waals surface area (Å²) < 4.78 is 0. The van der Waals surface area contributed by atoms with Gasteiger partial charge in [0.05, 0.1) is 17.4 Å². The Morgan fingerprint density at radius 1 is 1.33 bits per heavy atom. The third-order valence-electron chi connectivity index (χ3n) is 4.63. The Morgan fingerprint density at radius 3 is 2.89 bits per heavy atom. The smallest absolute Gasteiger partial charge is 0.225 e. The van der Waals surface area contributed by atoms with Gasteiger partial charge in [0.25, 0.3) is 0 Å². The van der Waals surface area contributed by atoms with Gasteiger partial charge in [0, 0.05) is 28.1 Å². The van der Waals surface area contributed by atoms with Crippen LogP contribution in [0.2, 0.25) is 0 Å². The lowest BCUT2D eigenvalue weighted by Crippen LogP contribution is -2.37. The molecule has 0 saturated heterocycles. The van der Waals surface area contributed by atoms with Crippen LogP contribution in [0.1, 0.15) is 28.8 Å². The summed E-state index contributed by atoms with van der Waals surface area (Å²) in [7, 11) is 0. The average Bonchev–Trinajstić information content (AvgIpc) is 3.12. The molecule has 8 heteroatoms. The molecule has 142 valence electrons. The minimum atomic E-state index is 0. The van der Waals surface area contributed by atoms with Crippen LogP contribution in [0, 0.1) is 5.92 Å². The number of fused-ring (bicyclic) bond motifs is 1. The van der Waals surface area contributed by atoms with Crippen molar-refractivity contribution in [2.24, 2.45) is 5.92 Å². The lowest BCUT2D eigenvalue weighted by Gasteiger charge is -2.27. The number of pyridine rings is 1. The summed E-state index contributed by atoms with van der Waals surface area (Å²) in [4.78, 5) is 34.9. The van der Waals surface area contributed by atoms with Gasteiger partial charge in [-0.25, -0.2) is 19.9 Å². The summed E-state index contributed by atoms with van der Waals surface area (Å²) in [5.74, 6) is 1.03. The van der Waals surface area contributed by atoms with E-state index in [0.717, 1.165) is 23.2 Å². The number of carbonyl (C=O) groups is 1. The van der Waals surface area contributed by atoms with Gasteiger partial charge in [0.1, 0.15) is 5.69 Å². The highest BCUT2D eigenvalue weighted by molar-refractivity contribution is 5.80. The summed E-state index contributed by atoms with van der Waals surface area (Å²) in [5.41, 5.74) is 9.79. The second kappa shape index (κ2) is 6.79. The van der Waals surface area contributed by atoms with Gasteiger partial charge in [0.15, 0.2) is 17.3 Å². The lowest BCUT2D eigenvalue weighted by molar-refractivity contribution is -0.134. The highest BCUT2D eigenvalue weighted by atomic mass is 16.2. The van der Waals surface area contributed by atoms with Crippen LogP contribution in [-0.4, -0.2) is 48.8 Å². The zero-order valence-corrected chi connectivity index (χ0v) is 15.3. The van der Waals surface area contributed by atoms with E-state index in [1.807, 2.05) is 37.0 Å². The third kappa shape index (κ3) is 3.25. The topological polar surface area (TPSA) is 114 Å². The van der Waals surface area contributed by atoms with Crippen molar-refractivity contribution < 1.29 is 7.65 Å². The Balaban J connectivity index is 0.00000150. The van der Waals surface area contributed by atoms with E-state index in [0.29, 0.717) is 36.1 Å². The van der Waals surface area contributed by atoms with Gasteiger partial charge in [0.2, 0.25) is 5.91 Å². The largest absolute Gasteiger partial charge is 0.382 e. The molecule has 1 amide bonds. The predicted octanol–water partition coefficient (Wildman–Crippen LogP) is 2.76. The minimum absolute atomic E-state index is 0. The van der Waals surface area contributed by atoms with Crippen LogP contribution in [-0.2, 0) is 4.79 Å². The van der Waals surface area contributed by atoms with Gasteiger partial charge < -0.3 is 15.6 Å². The van der Waals surface area contributed by atoms with Crippen molar-refractivity contribution in [3.63, 3.8) is 0 Å². The Bertz CT molecular complexity index is 1010. The van der Waals surface area contributed by atoms with Crippen LogP contribution in [0.5, 0.6) is 0 Å². The molecule has 8 nitrogen and oxygen atoms in total. The number of aromatic nitrogens is 5. The van der Waals surface area contributed by atoms with Gasteiger partial charge in [-0.3, -0.25) is 4.79 Å². The summed E-state index contributed by atoms with van der Waals surface area (Å²) >= 11 is 0. The summed E-state index contributed by atoms with van der Waals surface area (Å²) in [6.45, 7) is 5.10. The molecular formula is C19H25N7O. The van der Waals surface area contributed by atoms with Gasteiger partial charge in [-0.05, 0) is 24.1 Å². The molecule has 0 spiro atoms. The third-order valence-corrected chi connectivity index (χ3v) is 4.63. The molecule has 0 fully saturated rings. The molecule has 3 aromatic rings. The Hall–Kier alpha value is -3.29. The maximum Gasteiger partial charge on any atom is 0.225 e. The van der Waals surface area contributed by atoms with E-state index in [9.17, 15) is 4.79 Å². The first-order chi connectivity index (χ1) is 13.0. The van der Waals surface area contributed by atoms with Crippen molar-refractivity contribution in [3.05, 3.63) is 36.3 Å². The molecular weight excluding hydrogens is 342 g/mol. The Morgan fingerprint density at radius 2 is 2.19 bits per heavy atom. The predicted molar refractivity (Wildman–Crippen MR) is 108 cm³/mol. The quantitative estimate of drug-likeness (QED) is 0.736. The first kappa shape index (κ1) is 17.1. The van der Waals surface area contributed by atoms with Crippen molar-refractivity contribution in [1.82, 2.24) is 29.8 Å². The van der Waals surface area contributed by atoms with E-state index in [1.165, 1.54) is 0 Å². The molecule has 1 aliphatic rings. The number of imidazole rings is 1. The van der Waals surface area contributed by atoms with Crippen LogP contribution in [0.25, 0.3) is 28.3 Å². The van der Waals surface area contributed by atoms with Gasteiger partial charge in [-0.15, -0.1) is 0 Å². The zero-order valence-electron chi connectivity index (χ0n) is 15.3. The Kier molecular flexibility index (Phi) is 4.31. The first-order valence-electron chi connectivity index (χ1n) is 8.94. The monoisotopic (exact) mass is 367 g/mol. The highest BCUT2D eigenvalue weighted by Gasteiger charge is 2.21. The number of hydrogen-bond acceptors (Lipinski definition) is 6. The molecule has 0 bridgehead atoms. The van der Waals surface area contributed by atoms with Crippen LogP contribution < -0.4 is 5.73 Å². The number of nitrogens with one attached hydrogen (secondary N) is 1. The number of nitrogens with two attached hydrogens (primary N) is 1. The number of rotatable bonds is 3. The van der Waals surface area contributed by atoms with Crippen molar-refractivity contribution in [3.8, 4) is 11.5 Å². The molecule has 0 saturated carbocycles. The van der Waals surface area contributed by atoms with Crippen LogP contribution in [0.3, 0.4) is 0 Å². The van der Waals surface area contributed by atoms with E-state index in [4.69, 9.17) is 5.73 Å². The molecule has 3 aromatic heterocycles. The van der Waals surface area contributed by atoms with Crippen molar-refractivity contribution >= 4 is 28.5 Å². The normalized spacial score (nSPS) is 14.6. The molecule has 0 atom stereocenters. The number of hydrogen-bond donors (Lipinski definition) is 2. The second-order valence-electron chi connectivity index (χ2n) is 6.87. The number of nitrogens with zero attached hydrogens (tertiary/aromatic N) is 5. The van der Waals surface area contributed by atoms with Crippen LogP contribution in [0.15, 0.2) is 30.6 Å². The molecule has 0 aromatic carbocycles. The van der Waals surface area contributed by atoms with E-state index in [2.05, 4.69) is 24.9 Å². The minimum Gasteiger partial charge on any atom is -0.382 e. The second-order valence-corrected chi connectivity index (χ2v) is 6.87. The fourth-order valence-corrected chi connectivity index (χ4v) is 3.15. The Labute approximate surface area is 159 Å².